The lowest BCUT2D eigenvalue weighted by Crippen LogP contribution is -2.60. The van der Waals surface area contributed by atoms with E-state index < -0.39 is 6.04 Å². The van der Waals surface area contributed by atoms with Gasteiger partial charge in [-0.05, 0) is 99.1 Å². The maximum absolute atomic E-state index is 13.0. The first kappa shape index (κ1) is 26.3. The lowest BCUT2D eigenvalue weighted by Gasteiger charge is -2.55. The highest BCUT2D eigenvalue weighted by atomic mass is 16.2. The molecule has 0 aromatic heterocycles. The number of likely N-dealkylation sites (tertiary alicyclic amines) is 1. The van der Waals surface area contributed by atoms with Gasteiger partial charge >= 0.3 is 0 Å². The molecule has 0 aliphatic carbocycles. The largest absolute Gasteiger partial charge is 0.399 e. The average Bonchev–Trinajstić information content (AvgIpc) is 3.28. The van der Waals surface area contributed by atoms with Crippen LogP contribution in [0.4, 0.5) is 17.1 Å². The standard InChI is InChI=1S/C32H40N6O3/c33-24-1-3-25(4-2-24)36-13-9-22(10-14-36)18-35-15-11-32(12-16-35)20-37(21-32)26-5-6-27-23(17-26)19-38(31(27)41)28-7-8-29(39)34-30(28)40/h1-6,17,22,28H,7-16,18-21,33H2,(H,34,39,40). The molecule has 3 N–H and O–H groups in total. The molecule has 9 nitrogen and oxygen atoms in total. The van der Waals surface area contributed by atoms with Crippen molar-refractivity contribution in [1.29, 1.82) is 0 Å². The van der Waals surface area contributed by atoms with Crippen LogP contribution in [0.5, 0.6) is 0 Å². The van der Waals surface area contributed by atoms with Crippen LogP contribution in [0, 0.1) is 11.3 Å². The summed E-state index contributed by atoms with van der Waals surface area (Å²) in [5.41, 5.74) is 11.2. The van der Waals surface area contributed by atoms with Crippen LogP contribution in [-0.4, -0.2) is 79.4 Å². The molecule has 5 aliphatic rings. The van der Waals surface area contributed by atoms with Crippen molar-refractivity contribution in [2.24, 2.45) is 11.3 Å². The molecule has 0 radical (unpaired) electrons. The highest BCUT2D eigenvalue weighted by Gasteiger charge is 2.46. The Morgan fingerprint density at radius 1 is 0.854 bits per heavy atom. The Bertz CT molecular complexity index is 1340. The van der Waals surface area contributed by atoms with Crippen molar-refractivity contribution >= 4 is 34.8 Å². The fourth-order valence-corrected chi connectivity index (χ4v) is 7.65. The number of carbonyl (C=O) groups excluding carboxylic acids is 3. The summed E-state index contributed by atoms with van der Waals surface area (Å²) >= 11 is 0. The number of imide groups is 1. The lowest BCUT2D eigenvalue weighted by atomic mass is 9.71. The number of hydrogen-bond acceptors (Lipinski definition) is 7. The van der Waals surface area contributed by atoms with Gasteiger partial charge < -0.3 is 25.3 Å². The Hall–Kier alpha value is -3.59. The van der Waals surface area contributed by atoms with Gasteiger partial charge in [-0.2, -0.15) is 0 Å². The van der Waals surface area contributed by atoms with Gasteiger partial charge in [0.05, 0.1) is 0 Å². The van der Waals surface area contributed by atoms with E-state index in [1.165, 1.54) is 56.7 Å². The van der Waals surface area contributed by atoms with Crippen LogP contribution in [0.25, 0.3) is 0 Å². The Labute approximate surface area is 241 Å². The van der Waals surface area contributed by atoms with E-state index >= 15 is 0 Å². The molecule has 2 aromatic carbocycles. The maximum Gasteiger partial charge on any atom is 0.255 e. The van der Waals surface area contributed by atoms with E-state index in [2.05, 4.69) is 44.3 Å². The number of nitrogens with one attached hydrogen (secondary N) is 1. The van der Waals surface area contributed by atoms with Crippen molar-refractivity contribution in [3.05, 3.63) is 53.6 Å². The van der Waals surface area contributed by atoms with Crippen molar-refractivity contribution in [2.75, 3.05) is 61.3 Å². The number of carbonyl (C=O) groups is 3. The van der Waals surface area contributed by atoms with E-state index in [4.69, 9.17) is 5.73 Å². The molecule has 4 saturated heterocycles. The summed E-state index contributed by atoms with van der Waals surface area (Å²) in [7, 11) is 0. The summed E-state index contributed by atoms with van der Waals surface area (Å²) in [5.74, 6) is 0.0542. The fourth-order valence-electron chi connectivity index (χ4n) is 7.65. The van der Waals surface area contributed by atoms with Crippen molar-refractivity contribution in [3.8, 4) is 0 Å². The van der Waals surface area contributed by atoms with Crippen LogP contribution in [0.3, 0.4) is 0 Å². The number of rotatable bonds is 5. The molecule has 0 saturated carbocycles. The number of nitrogen functional groups attached to an aromatic ring is 1. The van der Waals surface area contributed by atoms with Crippen LogP contribution in [-0.2, 0) is 16.1 Å². The molecule has 1 unspecified atom stereocenters. The van der Waals surface area contributed by atoms with E-state index in [-0.39, 0.29) is 24.1 Å². The van der Waals surface area contributed by atoms with Crippen LogP contribution >= 0.6 is 0 Å². The minimum atomic E-state index is -0.565. The molecule has 41 heavy (non-hydrogen) atoms. The molecule has 0 bridgehead atoms. The zero-order valence-electron chi connectivity index (χ0n) is 23.7. The second-order valence-corrected chi connectivity index (χ2v) is 12.9. The number of benzene rings is 2. The van der Waals surface area contributed by atoms with Gasteiger partial charge in [0.25, 0.3) is 5.91 Å². The van der Waals surface area contributed by atoms with Crippen LogP contribution in [0.2, 0.25) is 0 Å². The molecule has 3 amide bonds. The topological polar surface area (TPSA) is 102 Å². The Balaban J connectivity index is 0.884. The molecule has 5 heterocycles. The van der Waals surface area contributed by atoms with Crippen molar-refractivity contribution in [3.63, 3.8) is 0 Å². The molecule has 2 aromatic rings. The summed E-state index contributed by atoms with van der Waals surface area (Å²) in [6.07, 6.45) is 5.68. The number of hydrogen-bond donors (Lipinski definition) is 2. The van der Waals surface area contributed by atoms with Gasteiger partial charge in [0.1, 0.15) is 6.04 Å². The first-order valence-electron chi connectivity index (χ1n) is 15.2. The molecule has 216 valence electrons. The number of nitrogens with two attached hydrogens (primary N) is 1. The van der Waals surface area contributed by atoms with Gasteiger partial charge in [-0.25, -0.2) is 0 Å². The molecular formula is C32H40N6O3. The molecular weight excluding hydrogens is 516 g/mol. The first-order chi connectivity index (χ1) is 19.9. The van der Waals surface area contributed by atoms with Crippen molar-refractivity contribution in [1.82, 2.24) is 15.1 Å². The van der Waals surface area contributed by atoms with Crippen LogP contribution < -0.4 is 20.9 Å². The van der Waals surface area contributed by atoms with Gasteiger partial charge in [-0.1, -0.05) is 0 Å². The van der Waals surface area contributed by atoms with E-state index in [9.17, 15) is 14.4 Å². The second kappa shape index (κ2) is 10.4. The number of fused-ring (bicyclic) bond motifs is 1. The molecule has 9 heteroatoms. The lowest BCUT2D eigenvalue weighted by molar-refractivity contribution is -0.136. The molecule has 4 fully saturated rings. The first-order valence-corrected chi connectivity index (χ1v) is 15.2. The molecule has 5 aliphatic heterocycles. The van der Waals surface area contributed by atoms with Crippen molar-refractivity contribution < 1.29 is 14.4 Å². The second-order valence-electron chi connectivity index (χ2n) is 12.9. The smallest absolute Gasteiger partial charge is 0.255 e. The average molecular weight is 557 g/mol. The molecule has 1 spiro atoms. The molecule has 1 atom stereocenters. The van der Waals surface area contributed by atoms with E-state index in [0.29, 0.717) is 23.9 Å². The van der Waals surface area contributed by atoms with E-state index in [1.807, 2.05) is 18.2 Å². The highest BCUT2D eigenvalue weighted by molar-refractivity contribution is 6.05. The third-order valence-corrected chi connectivity index (χ3v) is 10.2. The zero-order valence-corrected chi connectivity index (χ0v) is 23.7. The summed E-state index contributed by atoms with van der Waals surface area (Å²) in [4.78, 5) is 46.2. The zero-order chi connectivity index (χ0) is 28.1. The minimum Gasteiger partial charge on any atom is -0.399 e. The highest BCUT2D eigenvalue weighted by Crippen LogP contribution is 2.44. The number of piperidine rings is 3. The van der Waals surface area contributed by atoms with Crippen molar-refractivity contribution in [2.45, 2.75) is 51.1 Å². The third kappa shape index (κ3) is 5.05. The SMILES string of the molecule is Nc1ccc(N2CCC(CN3CCC4(CC3)CN(c3ccc5c(c3)CN(C3CCC(=O)NC3=O)C5=O)C4)CC2)cc1. The minimum absolute atomic E-state index is 0.107. The monoisotopic (exact) mass is 556 g/mol. The predicted molar refractivity (Wildman–Crippen MR) is 159 cm³/mol. The van der Waals surface area contributed by atoms with Gasteiger partial charge in [0.15, 0.2) is 0 Å². The van der Waals surface area contributed by atoms with Gasteiger partial charge in [-0.15, -0.1) is 0 Å². The summed E-state index contributed by atoms with van der Waals surface area (Å²) in [5, 5.41) is 2.38. The quantitative estimate of drug-likeness (QED) is 0.431. The normalized spacial score (nSPS) is 24.9. The summed E-state index contributed by atoms with van der Waals surface area (Å²) in [6, 6.07) is 13.8. The predicted octanol–water partition coefficient (Wildman–Crippen LogP) is 2.85. The Kier molecular flexibility index (Phi) is 6.64. The third-order valence-electron chi connectivity index (χ3n) is 10.2. The summed E-state index contributed by atoms with van der Waals surface area (Å²) in [6.45, 7) is 8.42. The van der Waals surface area contributed by atoms with Crippen LogP contribution in [0.1, 0.15) is 54.4 Å². The number of amides is 3. The van der Waals surface area contributed by atoms with E-state index in [0.717, 1.165) is 43.3 Å². The van der Waals surface area contributed by atoms with E-state index in [1.54, 1.807) is 4.90 Å². The van der Waals surface area contributed by atoms with Gasteiger partial charge in [0.2, 0.25) is 11.8 Å². The van der Waals surface area contributed by atoms with Crippen LogP contribution in [0.15, 0.2) is 42.5 Å². The Morgan fingerprint density at radius 3 is 2.27 bits per heavy atom. The summed E-state index contributed by atoms with van der Waals surface area (Å²) < 4.78 is 0. The van der Waals surface area contributed by atoms with Gasteiger partial charge in [-0.3, -0.25) is 19.7 Å². The fraction of sp³-hybridized carbons (Fsp3) is 0.531. The Morgan fingerprint density at radius 2 is 1.56 bits per heavy atom. The number of nitrogens with zero attached hydrogens (tertiary/aromatic N) is 4. The number of anilines is 3. The maximum atomic E-state index is 13.0. The van der Waals surface area contributed by atoms with Gasteiger partial charge in [0, 0.05) is 73.7 Å². The molecule has 7 rings (SSSR count).